The molecule has 0 aromatic carbocycles. The highest BCUT2D eigenvalue weighted by Crippen LogP contribution is 2.25. The molecule has 0 saturated carbocycles. The molecular formula is C17H22N4O2S. The number of ether oxygens (including phenoxy) is 1. The molecule has 1 saturated heterocycles. The molecular weight excluding hydrogens is 324 g/mol. The summed E-state index contributed by atoms with van der Waals surface area (Å²) in [5, 5.41) is 7.86. The van der Waals surface area contributed by atoms with Gasteiger partial charge in [-0.1, -0.05) is 12.1 Å². The summed E-state index contributed by atoms with van der Waals surface area (Å²) >= 11 is 1.72. The van der Waals surface area contributed by atoms with Crippen LogP contribution in [0.4, 0.5) is 10.6 Å². The van der Waals surface area contributed by atoms with Crippen LogP contribution in [-0.2, 0) is 4.74 Å². The fourth-order valence-electron chi connectivity index (χ4n) is 2.74. The summed E-state index contributed by atoms with van der Waals surface area (Å²) in [7, 11) is 0. The van der Waals surface area contributed by atoms with Gasteiger partial charge in [0.2, 0.25) is 0 Å². The third-order valence-corrected chi connectivity index (χ3v) is 5.03. The molecule has 0 unspecified atom stereocenters. The second-order valence-electron chi connectivity index (χ2n) is 5.68. The van der Waals surface area contributed by atoms with E-state index in [4.69, 9.17) is 4.74 Å². The Morgan fingerprint density at radius 3 is 2.92 bits per heavy atom. The standard InChI is InChI=1S/C17H22N4O2S/c1-13-4-2-6-18-16(13)20-17(22)19-12-14(15-5-3-11-24-15)21-7-9-23-10-8-21/h2-6,11,14H,7-10,12H2,1H3,(H2,18,19,20,22)/t14-/m1/s1. The Morgan fingerprint density at radius 2 is 2.21 bits per heavy atom. The lowest BCUT2D eigenvalue weighted by Crippen LogP contribution is -2.44. The molecule has 3 rings (SSSR count). The average Bonchev–Trinajstić information content (AvgIpc) is 3.12. The Labute approximate surface area is 145 Å². The van der Waals surface area contributed by atoms with Crippen molar-refractivity contribution in [2.24, 2.45) is 0 Å². The van der Waals surface area contributed by atoms with E-state index in [0.29, 0.717) is 12.4 Å². The van der Waals surface area contributed by atoms with Crippen LogP contribution in [-0.4, -0.2) is 48.8 Å². The minimum absolute atomic E-state index is 0.171. The maximum atomic E-state index is 12.2. The molecule has 2 amide bonds. The number of carbonyl (C=O) groups is 1. The number of amides is 2. The maximum Gasteiger partial charge on any atom is 0.320 e. The number of urea groups is 1. The minimum atomic E-state index is -0.230. The van der Waals surface area contributed by atoms with Crippen molar-refractivity contribution in [3.05, 3.63) is 46.3 Å². The average molecular weight is 346 g/mol. The SMILES string of the molecule is Cc1cccnc1NC(=O)NC[C@H](c1cccs1)N1CCOCC1. The molecule has 0 aliphatic carbocycles. The van der Waals surface area contributed by atoms with Crippen LogP contribution in [0, 0.1) is 6.92 Å². The fourth-order valence-corrected chi connectivity index (χ4v) is 3.60. The number of pyridine rings is 1. The van der Waals surface area contributed by atoms with Crippen molar-refractivity contribution < 1.29 is 9.53 Å². The van der Waals surface area contributed by atoms with Crippen LogP contribution in [0.2, 0.25) is 0 Å². The molecule has 0 spiro atoms. The maximum absolute atomic E-state index is 12.2. The van der Waals surface area contributed by atoms with Crippen LogP contribution in [0.5, 0.6) is 0 Å². The van der Waals surface area contributed by atoms with Crippen molar-refractivity contribution in [3.63, 3.8) is 0 Å². The van der Waals surface area contributed by atoms with Gasteiger partial charge < -0.3 is 10.1 Å². The van der Waals surface area contributed by atoms with Crippen LogP contribution in [0.3, 0.4) is 0 Å². The Hall–Kier alpha value is -1.96. The minimum Gasteiger partial charge on any atom is -0.379 e. The van der Waals surface area contributed by atoms with E-state index in [-0.39, 0.29) is 12.1 Å². The molecule has 1 aliphatic rings. The molecule has 2 N–H and O–H groups in total. The number of aromatic nitrogens is 1. The molecule has 0 radical (unpaired) electrons. The van der Waals surface area contributed by atoms with E-state index in [0.717, 1.165) is 31.9 Å². The van der Waals surface area contributed by atoms with Crippen LogP contribution >= 0.6 is 11.3 Å². The largest absolute Gasteiger partial charge is 0.379 e. The summed E-state index contributed by atoms with van der Waals surface area (Å²) in [6.07, 6.45) is 1.67. The summed E-state index contributed by atoms with van der Waals surface area (Å²) in [6.45, 7) is 5.71. The molecule has 2 aromatic rings. The highest BCUT2D eigenvalue weighted by atomic mass is 32.1. The third-order valence-electron chi connectivity index (χ3n) is 4.06. The van der Waals surface area contributed by atoms with E-state index < -0.39 is 0 Å². The number of nitrogens with one attached hydrogen (secondary N) is 2. The fraction of sp³-hybridized carbons (Fsp3) is 0.412. The van der Waals surface area contributed by atoms with Crippen molar-refractivity contribution in [2.45, 2.75) is 13.0 Å². The van der Waals surface area contributed by atoms with Gasteiger partial charge >= 0.3 is 6.03 Å². The van der Waals surface area contributed by atoms with E-state index in [1.165, 1.54) is 4.88 Å². The Bertz CT molecular complexity index is 656. The van der Waals surface area contributed by atoms with Crippen molar-refractivity contribution in [1.82, 2.24) is 15.2 Å². The lowest BCUT2D eigenvalue weighted by molar-refractivity contribution is 0.0175. The van der Waals surface area contributed by atoms with Gasteiger partial charge in [0.25, 0.3) is 0 Å². The lowest BCUT2D eigenvalue weighted by atomic mass is 10.2. The summed E-state index contributed by atoms with van der Waals surface area (Å²) in [4.78, 5) is 20.0. The van der Waals surface area contributed by atoms with E-state index in [9.17, 15) is 4.79 Å². The zero-order valence-electron chi connectivity index (χ0n) is 13.7. The molecule has 1 aliphatic heterocycles. The smallest absolute Gasteiger partial charge is 0.320 e. The number of hydrogen-bond donors (Lipinski definition) is 2. The third kappa shape index (κ3) is 4.31. The molecule has 128 valence electrons. The molecule has 7 heteroatoms. The van der Waals surface area contributed by atoms with Gasteiger partial charge in [0, 0.05) is 30.7 Å². The highest BCUT2D eigenvalue weighted by molar-refractivity contribution is 7.10. The number of anilines is 1. The van der Waals surface area contributed by atoms with Crippen LogP contribution < -0.4 is 10.6 Å². The summed E-state index contributed by atoms with van der Waals surface area (Å²) in [5.41, 5.74) is 0.940. The second-order valence-corrected chi connectivity index (χ2v) is 6.66. The van der Waals surface area contributed by atoms with Gasteiger partial charge in [-0.3, -0.25) is 10.2 Å². The normalized spacial score (nSPS) is 16.5. The first-order chi connectivity index (χ1) is 11.7. The number of thiophene rings is 1. The first-order valence-corrected chi connectivity index (χ1v) is 8.93. The topological polar surface area (TPSA) is 66.5 Å². The predicted molar refractivity (Wildman–Crippen MR) is 95.4 cm³/mol. The zero-order chi connectivity index (χ0) is 16.8. The number of carbonyl (C=O) groups excluding carboxylic acids is 1. The molecule has 6 nitrogen and oxygen atoms in total. The van der Waals surface area contributed by atoms with Crippen LogP contribution in [0.25, 0.3) is 0 Å². The summed E-state index contributed by atoms with van der Waals surface area (Å²) in [5.74, 6) is 0.592. The molecule has 24 heavy (non-hydrogen) atoms. The number of hydrogen-bond acceptors (Lipinski definition) is 5. The van der Waals surface area contributed by atoms with E-state index in [2.05, 4.69) is 32.0 Å². The van der Waals surface area contributed by atoms with Crippen molar-refractivity contribution in [1.29, 1.82) is 0 Å². The Balaban J connectivity index is 1.61. The van der Waals surface area contributed by atoms with Gasteiger partial charge in [0.05, 0.1) is 19.3 Å². The molecule has 1 atom stereocenters. The number of rotatable bonds is 5. The Morgan fingerprint density at radius 1 is 1.38 bits per heavy atom. The molecule has 0 bridgehead atoms. The van der Waals surface area contributed by atoms with Crippen molar-refractivity contribution in [2.75, 3.05) is 38.2 Å². The summed E-state index contributed by atoms with van der Waals surface area (Å²) in [6, 6.07) is 7.88. The Kier molecular flexibility index (Phi) is 5.79. The zero-order valence-corrected chi connectivity index (χ0v) is 14.5. The van der Waals surface area contributed by atoms with E-state index in [1.54, 1.807) is 17.5 Å². The van der Waals surface area contributed by atoms with Crippen molar-refractivity contribution >= 4 is 23.2 Å². The van der Waals surface area contributed by atoms with Crippen molar-refractivity contribution in [3.8, 4) is 0 Å². The molecule has 1 fully saturated rings. The van der Waals surface area contributed by atoms with Gasteiger partial charge in [0.15, 0.2) is 0 Å². The number of morpholine rings is 1. The monoisotopic (exact) mass is 346 g/mol. The first-order valence-electron chi connectivity index (χ1n) is 8.05. The van der Waals surface area contributed by atoms with Gasteiger partial charge in [-0.15, -0.1) is 11.3 Å². The second kappa shape index (κ2) is 8.23. The lowest BCUT2D eigenvalue weighted by Gasteiger charge is -2.34. The number of aryl methyl sites for hydroxylation is 1. The predicted octanol–water partition coefficient (Wildman–Crippen LogP) is 2.65. The molecule has 2 aromatic heterocycles. The van der Waals surface area contributed by atoms with Gasteiger partial charge in [-0.05, 0) is 30.0 Å². The first kappa shape index (κ1) is 16.9. The van der Waals surface area contributed by atoms with Gasteiger partial charge in [-0.25, -0.2) is 9.78 Å². The van der Waals surface area contributed by atoms with Gasteiger partial charge in [-0.2, -0.15) is 0 Å². The quantitative estimate of drug-likeness (QED) is 0.873. The van der Waals surface area contributed by atoms with Crippen LogP contribution in [0.15, 0.2) is 35.8 Å². The molecule has 3 heterocycles. The van der Waals surface area contributed by atoms with Crippen LogP contribution in [0.1, 0.15) is 16.5 Å². The van der Waals surface area contributed by atoms with Gasteiger partial charge in [0.1, 0.15) is 5.82 Å². The van der Waals surface area contributed by atoms with E-state index in [1.807, 2.05) is 25.1 Å². The summed E-state index contributed by atoms with van der Waals surface area (Å²) < 4.78 is 5.44. The number of nitrogens with zero attached hydrogens (tertiary/aromatic N) is 2. The van der Waals surface area contributed by atoms with E-state index >= 15 is 0 Å². The highest BCUT2D eigenvalue weighted by Gasteiger charge is 2.24.